The lowest BCUT2D eigenvalue weighted by molar-refractivity contribution is -0.124. The van der Waals surface area contributed by atoms with Crippen molar-refractivity contribution >= 4 is 40.7 Å². The Bertz CT molecular complexity index is 912. The molecule has 0 radical (unpaired) electrons. The van der Waals surface area contributed by atoms with Crippen LogP contribution in [0.4, 0.5) is 14.5 Å². The topological polar surface area (TPSA) is 61.4 Å². The standard InChI is InChI=1S/C21H23Cl2F2N3O2/c1-3-8-28(12-21(30)27-19-7-4-14(22)9-17(19)23)11-20(29)26-13(2)16-6-5-15(24)10-18(16)25/h4-7,9-10,13H,3,8,11-12H2,1-2H3,(H,26,29)(H,27,30). The molecule has 2 aromatic carbocycles. The lowest BCUT2D eigenvalue weighted by Gasteiger charge is -2.22. The average Bonchev–Trinajstić information content (AvgIpc) is 2.64. The van der Waals surface area contributed by atoms with Crippen molar-refractivity contribution in [2.75, 3.05) is 25.0 Å². The minimum atomic E-state index is -0.729. The zero-order valence-corrected chi connectivity index (χ0v) is 18.2. The van der Waals surface area contributed by atoms with E-state index in [0.717, 1.165) is 18.6 Å². The number of rotatable bonds is 9. The molecule has 30 heavy (non-hydrogen) atoms. The molecule has 1 unspecified atom stereocenters. The van der Waals surface area contributed by atoms with Crippen molar-refractivity contribution in [3.63, 3.8) is 0 Å². The Morgan fingerprint density at radius 1 is 1.07 bits per heavy atom. The van der Waals surface area contributed by atoms with Gasteiger partial charge in [0.15, 0.2) is 0 Å². The Morgan fingerprint density at radius 2 is 1.77 bits per heavy atom. The van der Waals surface area contributed by atoms with Gasteiger partial charge in [-0.25, -0.2) is 8.78 Å². The van der Waals surface area contributed by atoms with E-state index in [0.29, 0.717) is 22.3 Å². The van der Waals surface area contributed by atoms with E-state index in [4.69, 9.17) is 23.2 Å². The van der Waals surface area contributed by atoms with Gasteiger partial charge in [0, 0.05) is 16.7 Å². The van der Waals surface area contributed by atoms with Crippen LogP contribution in [0.1, 0.15) is 31.9 Å². The average molecular weight is 458 g/mol. The minimum Gasteiger partial charge on any atom is -0.348 e. The van der Waals surface area contributed by atoms with Crippen molar-refractivity contribution < 1.29 is 18.4 Å². The number of benzene rings is 2. The molecule has 2 rings (SSSR count). The van der Waals surface area contributed by atoms with Gasteiger partial charge in [-0.2, -0.15) is 0 Å². The number of hydrogen-bond donors (Lipinski definition) is 2. The van der Waals surface area contributed by atoms with Crippen LogP contribution < -0.4 is 10.6 Å². The quantitative estimate of drug-likeness (QED) is 0.568. The lowest BCUT2D eigenvalue weighted by Crippen LogP contribution is -2.42. The molecule has 0 fully saturated rings. The van der Waals surface area contributed by atoms with E-state index in [-0.39, 0.29) is 30.5 Å². The molecule has 0 heterocycles. The number of nitrogens with one attached hydrogen (secondary N) is 2. The minimum absolute atomic E-state index is 0.0283. The van der Waals surface area contributed by atoms with Gasteiger partial charge in [0.2, 0.25) is 11.8 Å². The van der Waals surface area contributed by atoms with E-state index in [1.54, 1.807) is 24.0 Å². The van der Waals surface area contributed by atoms with Gasteiger partial charge in [-0.1, -0.05) is 36.2 Å². The summed E-state index contributed by atoms with van der Waals surface area (Å²) in [7, 11) is 0. The van der Waals surface area contributed by atoms with Crippen molar-refractivity contribution in [2.45, 2.75) is 26.3 Å². The van der Waals surface area contributed by atoms with Crippen LogP contribution in [0.5, 0.6) is 0 Å². The SMILES string of the molecule is CCCN(CC(=O)Nc1ccc(Cl)cc1Cl)CC(=O)NC(C)c1ccc(F)cc1F. The Labute approximate surface area is 184 Å². The monoisotopic (exact) mass is 457 g/mol. The summed E-state index contributed by atoms with van der Waals surface area (Å²) in [6.45, 7) is 3.96. The molecule has 0 aromatic heterocycles. The zero-order valence-electron chi connectivity index (χ0n) is 16.6. The summed E-state index contributed by atoms with van der Waals surface area (Å²) in [6.07, 6.45) is 0.727. The molecule has 0 aliphatic carbocycles. The molecular formula is C21H23Cl2F2N3O2. The number of halogens is 4. The fourth-order valence-electron chi connectivity index (χ4n) is 2.93. The Kier molecular flexibility index (Phi) is 9.02. The second-order valence-corrected chi connectivity index (χ2v) is 7.68. The van der Waals surface area contributed by atoms with Gasteiger partial charge in [-0.15, -0.1) is 0 Å². The second kappa shape index (κ2) is 11.2. The fourth-order valence-corrected chi connectivity index (χ4v) is 3.39. The largest absolute Gasteiger partial charge is 0.348 e. The van der Waals surface area contributed by atoms with Crippen LogP contribution in [0.25, 0.3) is 0 Å². The predicted octanol–water partition coefficient (Wildman–Crippen LogP) is 4.80. The maximum absolute atomic E-state index is 13.9. The van der Waals surface area contributed by atoms with Gasteiger partial charge in [0.25, 0.3) is 0 Å². The molecule has 0 bridgehead atoms. The molecule has 162 valence electrons. The summed E-state index contributed by atoms with van der Waals surface area (Å²) < 4.78 is 27.0. The smallest absolute Gasteiger partial charge is 0.238 e. The van der Waals surface area contributed by atoms with Gasteiger partial charge in [-0.05, 0) is 44.2 Å². The number of hydrogen-bond acceptors (Lipinski definition) is 3. The molecule has 0 saturated heterocycles. The Balaban J connectivity index is 1.95. The molecule has 2 N–H and O–H groups in total. The second-order valence-electron chi connectivity index (χ2n) is 6.84. The highest BCUT2D eigenvalue weighted by Gasteiger charge is 2.18. The number of nitrogens with zero attached hydrogens (tertiary/aromatic N) is 1. The van der Waals surface area contributed by atoms with Crippen molar-refractivity contribution in [1.29, 1.82) is 0 Å². The number of carbonyl (C=O) groups is 2. The first kappa shape index (κ1) is 24.1. The van der Waals surface area contributed by atoms with Crippen LogP contribution in [0.2, 0.25) is 10.0 Å². The summed E-state index contributed by atoms with van der Waals surface area (Å²) in [5.74, 6) is -2.13. The van der Waals surface area contributed by atoms with Crippen LogP contribution in [0, 0.1) is 11.6 Å². The van der Waals surface area contributed by atoms with E-state index in [1.165, 1.54) is 12.1 Å². The molecule has 0 spiro atoms. The third kappa shape index (κ3) is 7.23. The highest BCUT2D eigenvalue weighted by Crippen LogP contribution is 2.25. The lowest BCUT2D eigenvalue weighted by atomic mass is 10.1. The van der Waals surface area contributed by atoms with Gasteiger partial charge >= 0.3 is 0 Å². The summed E-state index contributed by atoms with van der Waals surface area (Å²) >= 11 is 11.9. The van der Waals surface area contributed by atoms with Gasteiger partial charge in [-0.3, -0.25) is 14.5 Å². The summed E-state index contributed by atoms with van der Waals surface area (Å²) in [6, 6.07) is 7.27. The van der Waals surface area contributed by atoms with E-state index >= 15 is 0 Å². The molecule has 9 heteroatoms. The maximum atomic E-state index is 13.9. The molecule has 1 atom stereocenters. The first-order valence-corrected chi connectivity index (χ1v) is 10.2. The van der Waals surface area contributed by atoms with Crippen molar-refractivity contribution in [1.82, 2.24) is 10.2 Å². The van der Waals surface area contributed by atoms with E-state index < -0.39 is 17.7 Å². The normalized spacial score (nSPS) is 12.0. The number of anilines is 1. The molecule has 0 aliphatic heterocycles. The van der Waals surface area contributed by atoms with Crippen LogP contribution in [0.3, 0.4) is 0 Å². The van der Waals surface area contributed by atoms with Gasteiger partial charge in [0.1, 0.15) is 11.6 Å². The van der Waals surface area contributed by atoms with Crippen molar-refractivity contribution in [2.24, 2.45) is 0 Å². The van der Waals surface area contributed by atoms with Crippen molar-refractivity contribution in [3.8, 4) is 0 Å². The molecule has 0 saturated carbocycles. The summed E-state index contributed by atoms with van der Waals surface area (Å²) in [5, 5.41) is 6.13. The highest BCUT2D eigenvalue weighted by atomic mass is 35.5. The summed E-state index contributed by atoms with van der Waals surface area (Å²) in [4.78, 5) is 26.4. The van der Waals surface area contributed by atoms with Crippen LogP contribution in [-0.4, -0.2) is 36.3 Å². The molecular weight excluding hydrogens is 435 g/mol. The molecule has 2 amide bonds. The third-order valence-electron chi connectivity index (χ3n) is 4.29. The molecule has 5 nitrogen and oxygen atoms in total. The maximum Gasteiger partial charge on any atom is 0.238 e. The Morgan fingerprint density at radius 3 is 2.40 bits per heavy atom. The fraction of sp³-hybridized carbons (Fsp3) is 0.333. The van der Waals surface area contributed by atoms with E-state index in [2.05, 4.69) is 10.6 Å². The number of carbonyl (C=O) groups excluding carboxylic acids is 2. The van der Waals surface area contributed by atoms with E-state index in [1.807, 2.05) is 6.92 Å². The van der Waals surface area contributed by atoms with Gasteiger partial charge < -0.3 is 10.6 Å². The molecule has 2 aromatic rings. The number of amides is 2. The third-order valence-corrected chi connectivity index (χ3v) is 4.83. The van der Waals surface area contributed by atoms with Crippen LogP contribution in [-0.2, 0) is 9.59 Å². The zero-order chi connectivity index (χ0) is 22.3. The first-order chi connectivity index (χ1) is 14.2. The van der Waals surface area contributed by atoms with Crippen LogP contribution >= 0.6 is 23.2 Å². The van der Waals surface area contributed by atoms with Crippen LogP contribution in [0.15, 0.2) is 36.4 Å². The van der Waals surface area contributed by atoms with Crippen molar-refractivity contribution in [3.05, 3.63) is 63.6 Å². The Hall–Kier alpha value is -2.22. The first-order valence-electron chi connectivity index (χ1n) is 9.41. The highest BCUT2D eigenvalue weighted by molar-refractivity contribution is 6.36. The van der Waals surface area contributed by atoms with Gasteiger partial charge in [0.05, 0.1) is 29.8 Å². The summed E-state index contributed by atoms with van der Waals surface area (Å²) in [5.41, 5.74) is 0.606. The predicted molar refractivity (Wildman–Crippen MR) is 115 cm³/mol. The van der Waals surface area contributed by atoms with E-state index in [9.17, 15) is 18.4 Å². The molecule has 0 aliphatic rings.